The van der Waals surface area contributed by atoms with E-state index in [9.17, 15) is 4.79 Å². The number of rotatable bonds is 2. The monoisotopic (exact) mass is 313 g/mol. The van der Waals surface area contributed by atoms with E-state index in [1.807, 2.05) is 84.9 Å². The molecule has 3 aromatic rings. The van der Waals surface area contributed by atoms with Crippen LogP contribution in [0.5, 0.6) is 0 Å². The molecule has 4 nitrogen and oxygen atoms in total. The third kappa shape index (κ3) is 2.44. The van der Waals surface area contributed by atoms with Gasteiger partial charge in [0.15, 0.2) is 0 Å². The van der Waals surface area contributed by atoms with Crippen molar-refractivity contribution in [1.82, 2.24) is 5.43 Å². The van der Waals surface area contributed by atoms with E-state index >= 15 is 0 Å². The van der Waals surface area contributed by atoms with Gasteiger partial charge in [0.2, 0.25) is 0 Å². The Morgan fingerprint density at radius 1 is 0.750 bits per heavy atom. The molecule has 116 valence electrons. The molecule has 1 aliphatic rings. The van der Waals surface area contributed by atoms with Crippen LogP contribution >= 0.6 is 0 Å². The van der Waals surface area contributed by atoms with Gasteiger partial charge in [-0.25, -0.2) is 10.2 Å². The van der Waals surface area contributed by atoms with Crippen LogP contribution in [-0.2, 0) is 0 Å². The molecule has 4 rings (SSSR count). The van der Waals surface area contributed by atoms with Crippen molar-refractivity contribution < 1.29 is 4.79 Å². The van der Waals surface area contributed by atoms with Gasteiger partial charge in [-0.3, -0.25) is 4.90 Å². The Bertz CT molecular complexity index is 904. The molecule has 1 heterocycles. The van der Waals surface area contributed by atoms with Crippen molar-refractivity contribution in [2.45, 2.75) is 0 Å². The predicted octanol–water partition coefficient (Wildman–Crippen LogP) is 4.30. The molecular formula is C20H15N3O. The lowest BCUT2D eigenvalue weighted by Crippen LogP contribution is -2.32. The minimum atomic E-state index is -0.278. The highest BCUT2D eigenvalue weighted by Crippen LogP contribution is 2.31. The highest BCUT2D eigenvalue weighted by atomic mass is 16.2. The number of amides is 2. The van der Waals surface area contributed by atoms with Crippen LogP contribution in [0.25, 0.3) is 0 Å². The third-order valence-electron chi connectivity index (χ3n) is 3.93. The predicted molar refractivity (Wildman–Crippen MR) is 95.6 cm³/mol. The first-order chi connectivity index (χ1) is 11.8. The van der Waals surface area contributed by atoms with Gasteiger partial charge in [0.05, 0.1) is 11.4 Å². The number of hydrogen-bond acceptors (Lipinski definition) is 2. The summed E-state index contributed by atoms with van der Waals surface area (Å²) in [7, 11) is 0. The van der Waals surface area contributed by atoms with E-state index in [1.54, 1.807) is 4.90 Å². The molecule has 0 atom stereocenters. The summed E-state index contributed by atoms with van der Waals surface area (Å²) >= 11 is 0. The highest BCUT2D eigenvalue weighted by Gasteiger charge is 2.25. The van der Waals surface area contributed by atoms with E-state index in [0.717, 1.165) is 28.2 Å². The minimum Gasteiger partial charge on any atom is -0.261 e. The maximum absolute atomic E-state index is 12.7. The SMILES string of the molecule is O=C1NN=C(c2ccccc2)c2ccccc2N1c1ccccc1. The second-order valence-corrected chi connectivity index (χ2v) is 5.43. The molecule has 0 fully saturated rings. The average Bonchev–Trinajstić information content (AvgIpc) is 2.79. The maximum Gasteiger partial charge on any atom is 0.346 e. The first-order valence-electron chi connectivity index (χ1n) is 7.72. The number of fused-ring (bicyclic) bond motifs is 1. The van der Waals surface area contributed by atoms with E-state index in [2.05, 4.69) is 10.5 Å². The van der Waals surface area contributed by atoms with Gasteiger partial charge in [-0.15, -0.1) is 0 Å². The summed E-state index contributed by atoms with van der Waals surface area (Å²) < 4.78 is 0. The van der Waals surface area contributed by atoms with Crippen LogP contribution < -0.4 is 10.3 Å². The second-order valence-electron chi connectivity index (χ2n) is 5.43. The smallest absolute Gasteiger partial charge is 0.261 e. The molecule has 1 aliphatic heterocycles. The summed E-state index contributed by atoms with van der Waals surface area (Å²) in [5, 5.41) is 4.37. The number of benzene rings is 3. The van der Waals surface area contributed by atoms with Gasteiger partial charge in [-0.2, -0.15) is 5.10 Å². The molecule has 0 spiro atoms. The van der Waals surface area contributed by atoms with Crippen molar-refractivity contribution in [3.05, 3.63) is 96.1 Å². The number of nitrogens with zero attached hydrogens (tertiary/aromatic N) is 2. The molecule has 1 N–H and O–H groups in total. The number of para-hydroxylation sites is 2. The number of hydrogen-bond donors (Lipinski definition) is 1. The zero-order valence-corrected chi connectivity index (χ0v) is 12.9. The van der Waals surface area contributed by atoms with Crippen molar-refractivity contribution in [2.24, 2.45) is 5.10 Å². The topological polar surface area (TPSA) is 44.7 Å². The Balaban J connectivity index is 1.91. The molecule has 3 aromatic carbocycles. The summed E-state index contributed by atoms with van der Waals surface area (Å²) in [5.41, 5.74) is 6.88. The zero-order valence-electron chi connectivity index (χ0n) is 12.9. The van der Waals surface area contributed by atoms with Gasteiger partial charge in [0, 0.05) is 11.1 Å². The van der Waals surface area contributed by atoms with E-state index in [-0.39, 0.29) is 6.03 Å². The lowest BCUT2D eigenvalue weighted by atomic mass is 10.00. The molecule has 24 heavy (non-hydrogen) atoms. The summed E-state index contributed by atoms with van der Waals surface area (Å²) in [5.74, 6) is 0. The van der Waals surface area contributed by atoms with Crippen LogP contribution in [0.2, 0.25) is 0 Å². The minimum absolute atomic E-state index is 0.278. The maximum atomic E-state index is 12.7. The molecule has 0 aliphatic carbocycles. The number of nitrogens with one attached hydrogen (secondary N) is 1. The molecule has 0 aromatic heterocycles. The van der Waals surface area contributed by atoms with Gasteiger partial charge in [0.25, 0.3) is 0 Å². The molecule has 0 unspecified atom stereocenters. The van der Waals surface area contributed by atoms with Gasteiger partial charge >= 0.3 is 6.03 Å². The number of carbonyl (C=O) groups excluding carboxylic acids is 1. The van der Waals surface area contributed by atoms with Crippen LogP contribution in [0.1, 0.15) is 11.1 Å². The Hall–Kier alpha value is -3.40. The van der Waals surface area contributed by atoms with E-state index in [1.165, 1.54) is 0 Å². The normalized spacial score (nSPS) is 13.6. The van der Waals surface area contributed by atoms with Gasteiger partial charge in [-0.05, 0) is 18.2 Å². The zero-order chi connectivity index (χ0) is 16.4. The molecule has 2 amide bonds. The van der Waals surface area contributed by atoms with Crippen molar-refractivity contribution >= 4 is 23.1 Å². The van der Waals surface area contributed by atoms with Crippen LogP contribution in [-0.4, -0.2) is 11.7 Å². The van der Waals surface area contributed by atoms with Gasteiger partial charge < -0.3 is 0 Å². The first kappa shape index (κ1) is 14.2. The number of anilines is 2. The standard InChI is InChI=1S/C20H15N3O/c24-20-22-21-19(15-9-3-1-4-10-15)17-13-7-8-14-18(17)23(20)16-11-5-2-6-12-16/h1-14H,(H,22,24). The van der Waals surface area contributed by atoms with E-state index < -0.39 is 0 Å². The second kappa shape index (κ2) is 6.01. The quantitative estimate of drug-likeness (QED) is 0.753. The lowest BCUT2D eigenvalue weighted by molar-refractivity contribution is 0.249. The molecule has 0 bridgehead atoms. The molecule has 4 heteroatoms. The fraction of sp³-hybridized carbons (Fsp3) is 0. The van der Waals surface area contributed by atoms with Crippen LogP contribution in [0.15, 0.2) is 90.0 Å². The molecule has 0 saturated heterocycles. The average molecular weight is 313 g/mol. The van der Waals surface area contributed by atoms with Crippen molar-refractivity contribution in [3.63, 3.8) is 0 Å². The molecule has 0 radical (unpaired) electrons. The molecular weight excluding hydrogens is 298 g/mol. The van der Waals surface area contributed by atoms with Crippen molar-refractivity contribution in [2.75, 3.05) is 4.90 Å². The molecule has 0 saturated carbocycles. The van der Waals surface area contributed by atoms with Crippen molar-refractivity contribution in [3.8, 4) is 0 Å². The third-order valence-corrected chi connectivity index (χ3v) is 3.93. The lowest BCUT2D eigenvalue weighted by Gasteiger charge is -2.22. The Morgan fingerprint density at radius 2 is 1.38 bits per heavy atom. The summed E-state index contributed by atoms with van der Waals surface area (Å²) in [4.78, 5) is 14.3. The highest BCUT2D eigenvalue weighted by molar-refractivity contribution is 6.19. The Morgan fingerprint density at radius 3 is 2.12 bits per heavy atom. The fourth-order valence-corrected chi connectivity index (χ4v) is 2.84. The fourth-order valence-electron chi connectivity index (χ4n) is 2.84. The van der Waals surface area contributed by atoms with Crippen LogP contribution in [0, 0.1) is 0 Å². The Kier molecular flexibility index (Phi) is 3.56. The number of urea groups is 1. The number of carbonyl (C=O) groups is 1. The largest absolute Gasteiger partial charge is 0.346 e. The summed E-state index contributed by atoms with van der Waals surface area (Å²) in [6.45, 7) is 0. The number of hydrazone groups is 1. The summed E-state index contributed by atoms with van der Waals surface area (Å²) in [6.07, 6.45) is 0. The van der Waals surface area contributed by atoms with E-state index in [0.29, 0.717) is 0 Å². The first-order valence-corrected chi connectivity index (χ1v) is 7.72. The Labute approximate surface area is 140 Å². The van der Waals surface area contributed by atoms with Crippen LogP contribution in [0.3, 0.4) is 0 Å². The summed E-state index contributed by atoms with van der Waals surface area (Å²) in [6, 6.07) is 26.9. The van der Waals surface area contributed by atoms with Gasteiger partial charge in [-0.1, -0.05) is 66.7 Å². The van der Waals surface area contributed by atoms with Crippen LogP contribution in [0.4, 0.5) is 16.2 Å². The van der Waals surface area contributed by atoms with Crippen molar-refractivity contribution in [1.29, 1.82) is 0 Å². The van der Waals surface area contributed by atoms with E-state index in [4.69, 9.17) is 0 Å². The van der Waals surface area contributed by atoms with Gasteiger partial charge in [0.1, 0.15) is 5.71 Å².